The molecule has 1 N–H and O–H groups in total. The van der Waals surface area contributed by atoms with E-state index in [1.54, 1.807) is 13.8 Å². The fourth-order valence-electron chi connectivity index (χ4n) is 1.36. The lowest BCUT2D eigenvalue weighted by molar-refractivity contribution is -0.386. The monoisotopic (exact) mass is 255 g/mol. The molecular weight excluding hydrogens is 242 g/mol. The Morgan fingerprint density at radius 2 is 2.06 bits per heavy atom. The number of methoxy groups -OCH3 is 1. The molecule has 0 fully saturated rings. The Morgan fingerprint density at radius 3 is 2.44 bits per heavy atom. The van der Waals surface area contributed by atoms with Gasteiger partial charge >= 0.3 is 11.7 Å². The first-order chi connectivity index (χ1) is 8.36. The van der Waals surface area contributed by atoms with Crippen LogP contribution in [0.2, 0.25) is 0 Å². The zero-order chi connectivity index (χ0) is 13.9. The average Bonchev–Trinajstić information content (AvgIpc) is 2.27. The van der Waals surface area contributed by atoms with E-state index in [1.807, 2.05) is 0 Å². The molecule has 7 heteroatoms. The first kappa shape index (κ1) is 13.8. The summed E-state index contributed by atoms with van der Waals surface area (Å²) in [5, 5.41) is 20.0. The van der Waals surface area contributed by atoms with Crippen LogP contribution < -0.4 is 9.47 Å². The van der Waals surface area contributed by atoms with Crippen LogP contribution in [-0.4, -0.2) is 29.2 Å². The highest BCUT2D eigenvalue weighted by Crippen LogP contribution is 2.36. The second-order valence-corrected chi connectivity index (χ2v) is 3.75. The van der Waals surface area contributed by atoms with Gasteiger partial charge in [0.15, 0.2) is 0 Å². The van der Waals surface area contributed by atoms with Gasteiger partial charge in [-0.05, 0) is 19.9 Å². The molecule has 0 heterocycles. The van der Waals surface area contributed by atoms with Crippen molar-refractivity contribution >= 4 is 11.7 Å². The van der Waals surface area contributed by atoms with Crippen molar-refractivity contribution in [3.05, 3.63) is 27.8 Å². The van der Waals surface area contributed by atoms with Crippen molar-refractivity contribution in [2.45, 2.75) is 20.0 Å². The van der Waals surface area contributed by atoms with Crippen LogP contribution in [0.1, 0.15) is 24.2 Å². The second kappa shape index (κ2) is 5.35. The van der Waals surface area contributed by atoms with Gasteiger partial charge in [0.2, 0.25) is 5.75 Å². The lowest BCUT2D eigenvalue weighted by Crippen LogP contribution is -2.12. The van der Waals surface area contributed by atoms with E-state index in [0.717, 1.165) is 6.07 Å². The van der Waals surface area contributed by atoms with Crippen molar-refractivity contribution < 1.29 is 24.3 Å². The van der Waals surface area contributed by atoms with Gasteiger partial charge in [-0.3, -0.25) is 10.1 Å². The second-order valence-electron chi connectivity index (χ2n) is 3.75. The Balaban J connectivity index is 3.49. The molecule has 0 saturated heterocycles. The Bertz CT molecular complexity index is 447. The van der Waals surface area contributed by atoms with Crippen molar-refractivity contribution in [2.75, 3.05) is 7.11 Å². The molecule has 0 aromatic heterocycles. The minimum absolute atomic E-state index is 0.0928. The molecule has 0 bridgehead atoms. The largest absolute Gasteiger partial charge is 0.496 e. The molecule has 0 amide bonds. The third-order valence-electron chi connectivity index (χ3n) is 2.06. The fraction of sp³-hybridized carbons (Fsp3) is 0.364. The van der Waals surface area contributed by atoms with Crippen molar-refractivity contribution in [2.24, 2.45) is 0 Å². The number of aromatic carboxylic acids is 1. The van der Waals surface area contributed by atoms with Crippen molar-refractivity contribution in [1.82, 2.24) is 0 Å². The van der Waals surface area contributed by atoms with Crippen molar-refractivity contribution in [3.8, 4) is 11.5 Å². The van der Waals surface area contributed by atoms with Gasteiger partial charge < -0.3 is 14.6 Å². The van der Waals surface area contributed by atoms with Crippen LogP contribution in [0, 0.1) is 10.1 Å². The lowest BCUT2D eigenvalue weighted by atomic mass is 10.1. The summed E-state index contributed by atoms with van der Waals surface area (Å²) in [6.07, 6.45) is -0.379. The van der Waals surface area contributed by atoms with Crippen LogP contribution in [0.5, 0.6) is 11.5 Å². The zero-order valence-corrected chi connectivity index (χ0v) is 10.2. The molecule has 1 aromatic carbocycles. The van der Waals surface area contributed by atoms with Crippen LogP contribution in [-0.2, 0) is 0 Å². The molecular formula is C11H13NO6. The van der Waals surface area contributed by atoms with Crippen LogP contribution in [0.25, 0.3) is 0 Å². The molecule has 0 unspecified atom stereocenters. The van der Waals surface area contributed by atoms with Gasteiger partial charge in [-0.1, -0.05) is 0 Å². The number of carboxylic acid groups (broad SMARTS) is 1. The third-order valence-corrected chi connectivity index (χ3v) is 2.06. The Morgan fingerprint density at radius 1 is 1.44 bits per heavy atom. The van der Waals surface area contributed by atoms with Gasteiger partial charge in [-0.25, -0.2) is 4.79 Å². The van der Waals surface area contributed by atoms with Crippen molar-refractivity contribution in [3.63, 3.8) is 0 Å². The molecule has 0 spiro atoms. The maximum absolute atomic E-state index is 11.1. The van der Waals surface area contributed by atoms with Gasteiger partial charge in [0.1, 0.15) is 11.3 Å². The van der Waals surface area contributed by atoms with Gasteiger partial charge in [0.05, 0.1) is 24.2 Å². The van der Waals surface area contributed by atoms with Gasteiger partial charge in [0.25, 0.3) is 0 Å². The molecule has 0 aliphatic rings. The Kier molecular flexibility index (Phi) is 4.09. The number of rotatable bonds is 5. The van der Waals surface area contributed by atoms with Crippen LogP contribution in [0.15, 0.2) is 12.1 Å². The van der Waals surface area contributed by atoms with Gasteiger partial charge in [-0.15, -0.1) is 0 Å². The van der Waals surface area contributed by atoms with Crippen LogP contribution >= 0.6 is 0 Å². The highest BCUT2D eigenvalue weighted by molar-refractivity contribution is 5.93. The number of nitrogens with zero attached hydrogens (tertiary/aromatic N) is 1. The molecule has 0 radical (unpaired) electrons. The number of ether oxygens (including phenoxy) is 2. The topological polar surface area (TPSA) is 98.9 Å². The van der Waals surface area contributed by atoms with E-state index in [1.165, 1.54) is 13.2 Å². The Hall–Kier alpha value is -2.31. The number of nitro benzene ring substituents is 1. The first-order valence-electron chi connectivity index (χ1n) is 5.13. The van der Waals surface area contributed by atoms with E-state index < -0.39 is 16.6 Å². The van der Waals surface area contributed by atoms with Crippen LogP contribution in [0.4, 0.5) is 5.69 Å². The summed E-state index contributed by atoms with van der Waals surface area (Å²) in [7, 11) is 1.30. The maximum Gasteiger partial charge on any atom is 0.339 e. The number of hydrogen-bond acceptors (Lipinski definition) is 5. The number of carbonyl (C=O) groups is 1. The number of nitro groups is 1. The summed E-state index contributed by atoms with van der Waals surface area (Å²) in [5.74, 6) is -1.48. The molecule has 1 aromatic rings. The smallest absolute Gasteiger partial charge is 0.339 e. The van der Waals surface area contributed by atoms with E-state index in [9.17, 15) is 14.9 Å². The predicted molar refractivity (Wildman–Crippen MR) is 62.4 cm³/mol. The van der Waals surface area contributed by atoms with E-state index in [4.69, 9.17) is 14.6 Å². The first-order valence-corrected chi connectivity index (χ1v) is 5.13. The molecule has 0 atom stereocenters. The van der Waals surface area contributed by atoms with Crippen molar-refractivity contribution in [1.29, 1.82) is 0 Å². The molecule has 7 nitrogen and oxygen atoms in total. The minimum Gasteiger partial charge on any atom is -0.496 e. The maximum atomic E-state index is 11.1. The summed E-state index contributed by atoms with van der Waals surface area (Å²) < 4.78 is 10.1. The lowest BCUT2D eigenvalue weighted by Gasteiger charge is -2.13. The van der Waals surface area contributed by atoms with Gasteiger partial charge in [0, 0.05) is 0 Å². The SMILES string of the molecule is COc1cc(C(=O)O)c(OC(C)C)c([N+](=O)[O-])c1. The molecule has 1 rings (SSSR count). The van der Waals surface area contributed by atoms with Crippen LogP contribution in [0.3, 0.4) is 0 Å². The highest BCUT2D eigenvalue weighted by Gasteiger charge is 2.26. The number of carboxylic acids is 1. The Labute approximate surface area is 103 Å². The molecule has 0 aliphatic carbocycles. The summed E-state index contributed by atoms with van der Waals surface area (Å²) in [6, 6.07) is 2.32. The third kappa shape index (κ3) is 2.88. The minimum atomic E-state index is -1.31. The summed E-state index contributed by atoms with van der Waals surface area (Å²) in [5.41, 5.74) is -0.727. The summed E-state index contributed by atoms with van der Waals surface area (Å²) in [6.45, 7) is 3.30. The molecule has 98 valence electrons. The van der Waals surface area contributed by atoms with E-state index in [0.29, 0.717) is 0 Å². The molecule has 0 saturated carbocycles. The fourth-order valence-corrected chi connectivity index (χ4v) is 1.36. The number of benzene rings is 1. The zero-order valence-electron chi connectivity index (χ0n) is 10.2. The standard InChI is InChI=1S/C11H13NO6/c1-6(2)18-10-8(11(13)14)4-7(17-3)5-9(10)12(15)16/h4-6H,1-3H3,(H,13,14). The summed E-state index contributed by atoms with van der Waals surface area (Å²) >= 11 is 0. The van der Waals surface area contributed by atoms with E-state index in [2.05, 4.69) is 0 Å². The molecule has 0 aliphatic heterocycles. The summed E-state index contributed by atoms with van der Waals surface area (Å²) in [4.78, 5) is 21.3. The molecule has 18 heavy (non-hydrogen) atoms. The highest BCUT2D eigenvalue weighted by atomic mass is 16.6. The normalized spacial score (nSPS) is 10.2. The number of hydrogen-bond donors (Lipinski definition) is 1. The van der Waals surface area contributed by atoms with E-state index >= 15 is 0 Å². The average molecular weight is 255 g/mol. The predicted octanol–water partition coefficient (Wildman–Crippen LogP) is 2.09. The quantitative estimate of drug-likeness (QED) is 0.638. The van der Waals surface area contributed by atoms with Gasteiger partial charge in [-0.2, -0.15) is 0 Å². The van der Waals surface area contributed by atoms with E-state index in [-0.39, 0.29) is 23.2 Å².